The van der Waals surface area contributed by atoms with Gasteiger partial charge in [0, 0.05) is 25.5 Å². The minimum absolute atomic E-state index is 0.0209. The molecule has 1 saturated heterocycles. The number of aromatic nitrogens is 1. The normalized spacial score (nSPS) is 19.8. The van der Waals surface area contributed by atoms with E-state index in [1.54, 1.807) is 6.20 Å². The number of carboxylic acids is 1. The third kappa shape index (κ3) is 4.34. The van der Waals surface area contributed by atoms with E-state index in [1.807, 2.05) is 12.3 Å². The number of fused-ring (bicyclic) bond motifs is 1. The van der Waals surface area contributed by atoms with E-state index in [-0.39, 0.29) is 6.42 Å². The van der Waals surface area contributed by atoms with Gasteiger partial charge in [0.1, 0.15) is 0 Å². The SMILES string of the molecule is O=C(O)Cc1cncc(C2=CC=C3CN(Cc4ccccc4)CCC3C2)c1. The molecule has 1 aromatic heterocycles. The number of benzene rings is 1. The molecule has 0 spiro atoms. The van der Waals surface area contributed by atoms with Crippen LogP contribution in [-0.4, -0.2) is 34.0 Å². The van der Waals surface area contributed by atoms with Gasteiger partial charge >= 0.3 is 5.97 Å². The number of pyridine rings is 1. The first-order chi connectivity index (χ1) is 13.2. The maximum Gasteiger partial charge on any atom is 0.307 e. The molecular formula is C23H24N2O2. The number of hydrogen-bond donors (Lipinski definition) is 1. The van der Waals surface area contributed by atoms with Gasteiger partial charge in [0.05, 0.1) is 6.42 Å². The third-order valence-electron chi connectivity index (χ3n) is 5.46. The second-order valence-corrected chi connectivity index (χ2v) is 7.47. The van der Waals surface area contributed by atoms with Gasteiger partial charge in [-0.1, -0.05) is 48.1 Å². The summed E-state index contributed by atoms with van der Waals surface area (Å²) in [6.45, 7) is 3.14. The first-order valence-electron chi connectivity index (χ1n) is 9.49. The Morgan fingerprint density at radius 3 is 2.81 bits per heavy atom. The fraction of sp³-hybridized carbons (Fsp3) is 0.304. The second-order valence-electron chi connectivity index (χ2n) is 7.47. The summed E-state index contributed by atoms with van der Waals surface area (Å²) in [6.07, 6.45) is 10.2. The van der Waals surface area contributed by atoms with E-state index in [0.29, 0.717) is 5.92 Å². The minimum atomic E-state index is -0.820. The molecule has 4 rings (SSSR count). The lowest BCUT2D eigenvalue weighted by molar-refractivity contribution is -0.136. The molecule has 4 nitrogen and oxygen atoms in total. The van der Waals surface area contributed by atoms with Crippen LogP contribution in [0.3, 0.4) is 0 Å². The quantitative estimate of drug-likeness (QED) is 0.877. The van der Waals surface area contributed by atoms with Gasteiger partial charge in [-0.05, 0) is 53.6 Å². The molecule has 2 aromatic rings. The van der Waals surface area contributed by atoms with Crippen molar-refractivity contribution in [2.24, 2.45) is 5.92 Å². The largest absolute Gasteiger partial charge is 0.481 e. The van der Waals surface area contributed by atoms with Gasteiger partial charge in [0.15, 0.2) is 0 Å². The highest BCUT2D eigenvalue weighted by Crippen LogP contribution is 2.36. The molecule has 0 bridgehead atoms. The molecule has 1 N–H and O–H groups in total. The van der Waals surface area contributed by atoms with Crippen LogP contribution in [0.2, 0.25) is 0 Å². The van der Waals surface area contributed by atoms with Gasteiger partial charge in [0.25, 0.3) is 0 Å². The summed E-state index contributed by atoms with van der Waals surface area (Å²) in [5, 5.41) is 9.00. The number of nitrogens with zero attached hydrogens (tertiary/aromatic N) is 2. The number of allylic oxidation sites excluding steroid dienone is 3. The Morgan fingerprint density at radius 2 is 2.00 bits per heavy atom. The zero-order valence-corrected chi connectivity index (χ0v) is 15.3. The lowest BCUT2D eigenvalue weighted by Crippen LogP contribution is -2.35. The summed E-state index contributed by atoms with van der Waals surface area (Å²) in [5.41, 5.74) is 5.95. The first kappa shape index (κ1) is 17.7. The van der Waals surface area contributed by atoms with E-state index < -0.39 is 5.97 Å². The summed E-state index contributed by atoms with van der Waals surface area (Å²) in [5.74, 6) is -0.236. The average Bonchev–Trinajstić information content (AvgIpc) is 2.68. The molecule has 138 valence electrons. The molecule has 4 heteroatoms. The molecule has 0 radical (unpaired) electrons. The number of carboxylic acid groups (broad SMARTS) is 1. The molecule has 1 atom stereocenters. The third-order valence-corrected chi connectivity index (χ3v) is 5.46. The van der Waals surface area contributed by atoms with Crippen LogP contribution < -0.4 is 0 Å². The van der Waals surface area contributed by atoms with Crippen molar-refractivity contribution in [1.29, 1.82) is 0 Å². The van der Waals surface area contributed by atoms with E-state index in [1.165, 1.54) is 16.7 Å². The molecule has 1 unspecified atom stereocenters. The monoisotopic (exact) mass is 360 g/mol. The van der Waals surface area contributed by atoms with Crippen molar-refractivity contribution >= 4 is 11.5 Å². The van der Waals surface area contributed by atoms with Crippen LogP contribution in [0, 0.1) is 5.92 Å². The molecule has 1 aliphatic carbocycles. The van der Waals surface area contributed by atoms with Crippen molar-refractivity contribution in [3.8, 4) is 0 Å². The standard InChI is InChI=1S/C23H24N2O2/c26-23(27)11-18-10-22(14-24-13-18)19-6-7-21-16-25(9-8-20(21)12-19)15-17-4-2-1-3-5-17/h1-7,10,13-14,20H,8-9,11-12,15-16H2,(H,26,27). The molecule has 1 aliphatic heterocycles. The Labute approximate surface area is 159 Å². The predicted molar refractivity (Wildman–Crippen MR) is 106 cm³/mol. The van der Waals surface area contributed by atoms with Crippen LogP contribution in [0.5, 0.6) is 0 Å². The second kappa shape index (κ2) is 7.89. The summed E-state index contributed by atoms with van der Waals surface area (Å²) >= 11 is 0. The van der Waals surface area contributed by atoms with E-state index >= 15 is 0 Å². The molecule has 1 aromatic carbocycles. The van der Waals surface area contributed by atoms with Gasteiger partial charge in [-0.3, -0.25) is 14.7 Å². The highest BCUT2D eigenvalue weighted by Gasteiger charge is 2.26. The van der Waals surface area contributed by atoms with Crippen molar-refractivity contribution in [2.75, 3.05) is 13.1 Å². The Balaban J connectivity index is 1.47. The highest BCUT2D eigenvalue weighted by molar-refractivity contribution is 5.72. The van der Waals surface area contributed by atoms with E-state index in [0.717, 1.165) is 43.6 Å². The van der Waals surface area contributed by atoms with Crippen molar-refractivity contribution in [3.05, 3.63) is 83.2 Å². The highest BCUT2D eigenvalue weighted by atomic mass is 16.4. The Morgan fingerprint density at radius 1 is 1.15 bits per heavy atom. The Kier molecular flexibility index (Phi) is 5.16. The van der Waals surface area contributed by atoms with Crippen LogP contribution in [0.25, 0.3) is 5.57 Å². The Bertz CT molecular complexity index is 886. The lowest BCUT2D eigenvalue weighted by atomic mass is 9.80. The number of rotatable bonds is 5. The van der Waals surface area contributed by atoms with E-state index in [2.05, 4.69) is 52.4 Å². The van der Waals surface area contributed by atoms with E-state index in [4.69, 9.17) is 5.11 Å². The summed E-state index contributed by atoms with van der Waals surface area (Å²) in [4.78, 5) is 17.7. The molecular weight excluding hydrogens is 336 g/mol. The number of hydrogen-bond acceptors (Lipinski definition) is 3. The topological polar surface area (TPSA) is 53.4 Å². The molecule has 2 heterocycles. The zero-order chi connectivity index (χ0) is 18.6. The number of carbonyl (C=O) groups is 1. The molecule has 2 aliphatic rings. The average molecular weight is 360 g/mol. The smallest absolute Gasteiger partial charge is 0.307 e. The number of aliphatic carboxylic acids is 1. The fourth-order valence-corrected chi connectivity index (χ4v) is 4.08. The van der Waals surface area contributed by atoms with Crippen molar-refractivity contribution in [3.63, 3.8) is 0 Å². The van der Waals surface area contributed by atoms with Crippen molar-refractivity contribution in [2.45, 2.75) is 25.8 Å². The van der Waals surface area contributed by atoms with Crippen LogP contribution in [-0.2, 0) is 17.8 Å². The van der Waals surface area contributed by atoms with Gasteiger partial charge in [0.2, 0.25) is 0 Å². The maximum absolute atomic E-state index is 10.9. The zero-order valence-electron chi connectivity index (χ0n) is 15.3. The molecule has 27 heavy (non-hydrogen) atoms. The summed E-state index contributed by atoms with van der Waals surface area (Å²) in [6, 6.07) is 12.6. The minimum Gasteiger partial charge on any atom is -0.481 e. The Hall–Kier alpha value is -2.72. The predicted octanol–water partition coefficient (Wildman–Crippen LogP) is 3.94. The molecule has 1 fully saturated rings. The van der Waals surface area contributed by atoms with Gasteiger partial charge in [-0.15, -0.1) is 0 Å². The van der Waals surface area contributed by atoms with Gasteiger partial charge in [-0.2, -0.15) is 0 Å². The molecule has 0 amide bonds. The fourth-order valence-electron chi connectivity index (χ4n) is 4.08. The van der Waals surface area contributed by atoms with Crippen LogP contribution in [0.15, 0.2) is 66.5 Å². The van der Waals surface area contributed by atoms with Crippen molar-refractivity contribution < 1.29 is 9.90 Å². The van der Waals surface area contributed by atoms with E-state index in [9.17, 15) is 4.79 Å². The maximum atomic E-state index is 10.9. The summed E-state index contributed by atoms with van der Waals surface area (Å²) in [7, 11) is 0. The summed E-state index contributed by atoms with van der Waals surface area (Å²) < 4.78 is 0. The van der Waals surface area contributed by atoms with Crippen LogP contribution in [0.1, 0.15) is 29.5 Å². The molecule has 0 saturated carbocycles. The number of likely N-dealkylation sites (tertiary alicyclic amines) is 1. The van der Waals surface area contributed by atoms with Gasteiger partial charge in [-0.25, -0.2) is 0 Å². The first-order valence-corrected chi connectivity index (χ1v) is 9.49. The van der Waals surface area contributed by atoms with Gasteiger partial charge < -0.3 is 5.11 Å². The van der Waals surface area contributed by atoms with Crippen LogP contribution in [0.4, 0.5) is 0 Å². The van der Waals surface area contributed by atoms with Crippen LogP contribution >= 0.6 is 0 Å². The number of piperidine rings is 1. The lowest BCUT2D eigenvalue weighted by Gasteiger charge is -2.36. The van der Waals surface area contributed by atoms with Crippen molar-refractivity contribution in [1.82, 2.24) is 9.88 Å².